The van der Waals surface area contributed by atoms with Crippen LogP contribution >= 0.6 is 0 Å². The molecule has 0 unspecified atom stereocenters. The Balaban J connectivity index is 1.14. The van der Waals surface area contributed by atoms with Gasteiger partial charge in [-0.3, -0.25) is 9.69 Å². The number of hydrogen-bond acceptors (Lipinski definition) is 4. The first kappa shape index (κ1) is 18.2. The molecule has 0 bridgehead atoms. The molecule has 1 amide bonds. The minimum Gasteiger partial charge on any atom is -0.370 e. The van der Waals surface area contributed by atoms with Gasteiger partial charge >= 0.3 is 0 Å². The minimum atomic E-state index is 0.0801. The van der Waals surface area contributed by atoms with Gasteiger partial charge in [-0.15, -0.1) is 0 Å². The molecular weight excluding hydrogens is 362 g/mol. The summed E-state index contributed by atoms with van der Waals surface area (Å²) in [6.07, 6.45) is 4.33. The Morgan fingerprint density at radius 3 is 2.66 bits per heavy atom. The van der Waals surface area contributed by atoms with Gasteiger partial charge in [0.05, 0.1) is 5.56 Å². The van der Waals surface area contributed by atoms with Gasteiger partial charge in [-0.2, -0.15) is 0 Å². The van der Waals surface area contributed by atoms with E-state index in [0.29, 0.717) is 5.56 Å². The molecule has 150 valence electrons. The number of para-hydroxylation sites is 1. The van der Waals surface area contributed by atoms with E-state index in [2.05, 4.69) is 50.5 Å². The smallest absolute Gasteiger partial charge is 0.255 e. The van der Waals surface area contributed by atoms with Crippen molar-refractivity contribution in [1.29, 1.82) is 0 Å². The van der Waals surface area contributed by atoms with Gasteiger partial charge in [-0.05, 0) is 48.4 Å². The van der Waals surface area contributed by atoms with Gasteiger partial charge < -0.3 is 15.2 Å². The Labute approximate surface area is 170 Å². The lowest BCUT2D eigenvalue weighted by atomic mass is 10.2. The van der Waals surface area contributed by atoms with Crippen molar-refractivity contribution in [3.05, 3.63) is 59.9 Å². The number of nitrogens with zero attached hydrogens (tertiary/aromatic N) is 3. The highest BCUT2D eigenvalue weighted by Crippen LogP contribution is 2.28. The summed E-state index contributed by atoms with van der Waals surface area (Å²) >= 11 is 0. The van der Waals surface area contributed by atoms with E-state index >= 15 is 0 Å². The lowest BCUT2D eigenvalue weighted by molar-refractivity contribution is 0.0627. The first-order valence-electron chi connectivity index (χ1n) is 10.5. The van der Waals surface area contributed by atoms with Crippen molar-refractivity contribution in [3.8, 4) is 0 Å². The summed E-state index contributed by atoms with van der Waals surface area (Å²) in [7, 11) is 0. The maximum Gasteiger partial charge on any atom is 0.255 e. The Morgan fingerprint density at radius 2 is 1.93 bits per heavy atom. The zero-order valence-corrected chi connectivity index (χ0v) is 16.6. The Hall–Kier alpha value is -2.86. The van der Waals surface area contributed by atoms with Gasteiger partial charge in [0.2, 0.25) is 0 Å². The number of anilines is 1. The molecule has 3 heterocycles. The number of hydrogen-bond donors (Lipinski definition) is 2. The van der Waals surface area contributed by atoms with E-state index in [1.807, 2.05) is 17.0 Å². The first-order valence-corrected chi connectivity index (χ1v) is 10.5. The molecular formula is C23H27N5O. The fourth-order valence-electron chi connectivity index (χ4n) is 3.95. The molecule has 2 fully saturated rings. The standard InChI is InChI=1S/C23H27N5O/c29-23(19-7-8-22(25-15-19)24-14-17-5-6-17)28-11-9-27(10-12-28)16-20-13-18-3-1-2-4-21(18)26-20/h1-4,7-8,13,15,17,26H,5-6,9-12,14,16H2,(H,24,25). The number of H-pyrrole nitrogens is 1. The molecule has 0 radical (unpaired) electrons. The number of pyridine rings is 1. The number of amides is 1. The van der Waals surface area contributed by atoms with Crippen molar-refractivity contribution in [3.63, 3.8) is 0 Å². The molecule has 3 aromatic rings. The number of rotatable bonds is 6. The third kappa shape index (κ3) is 4.27. The lowest BCUT2D eigenvalue weighted by Gasteiger charge is -2.34. The summed E-state index contributed by atoms with van der Waals surface area (Å²) in [6, 6.07) is 14.4. The number of fused-ring (bicyclic) bond motifs is 1. The Bertz CT molecular complexity index is 951. The number of aromatic amines is 1. The largest absolute Gasteiger partial charge is 0.370 e. The van der Waals surface area contributed by atoms with E-state index in [-0.39, 0.29) is 5.91 Å². The van der Waals surface area contributed by atoms with Crippen LogP contribution in [0.15, 0.2) is 48.7 Å². The van der Waals surface area contributed by atoms with Crippen molar-refractivity contribution in [2.45, 2.75) is 19.4 Å². The summed E-state index contributed by atoms with van der Waals surface area (Å²) in [6.45, 7) is 5.14. The summed E-state index contributed by atoms with van der Waals surface area (Å²) in [5, 5.41) is 4.59. The molecule has 1 aromatic carbocycles. The molecule has 0 atom stereocenters. The van der Waals surface area contributed by atoms with Crippen LogP contribution in [0.5, 0.6) is 0 Å². The van der Waals surface area contributed by atoms with Gasteiger partial charge in [0, 0.05) is 56.7 Å². The zero-order chi connectivity index (χ0) is 19.6. The zero-order valence-electron chi connectivity index (χ0n) is 16.6. The molecule has 0 spiro atoms. The third-order valence-corrected chi connectivity index (χ3v) is 5.92. The van der Waals surface area contributed by atoms with Crippen molar-refractivity contribution in [2.75, 3.05) is 38.0 Å². The van der Waals surface area contributed by atoms with Crippen molar-refractivity contribution in [1.82, 2.24) is 19.8 Å². The number of piperazine rings is 1. The second-order valence-corrected chi connectivity index (χ2v) is 8.21. The molecule has 29 heavy (non-hydrogen) atoms. The fraction of sp³-hybridized carbons (Fsp3) is 0.391. The van der Waals surface area contributed by atoms with Gasteiger partial charge in [0.1, 0.15) is 5.82 Å². The summed E-state index contributed by atoms with van der Waals surface area (Å²) in [5.74, 6) is 1.74. The van der Waals surface area contributed by atoms with Gasteiger partial charge in [0.25, 0.3) is 5.91 Å². The van der Waals surface area contributed by atoms with Gasteiger partial charge in [0.15, 0.2) is 0 Å². The highest BCUT2D eigenvalue weighted by atomic mass is 16.2. The van der Waals surface area contributed by atoms with Crippen molar-refractivity contribution >= 4 is 22.6 Å². The fourth-order valence-corrected chi connectivity index (χ4v) is 3.95. The van der Waals surface area contributed by atoms with Crippen LogP contribution < -0.4 is 5.32 Å². The molecule has 2 aliphatic rings. The van der Waals surface area contributed by atoms with Crippen LogP contribution in [-0.2, 0) is 6.54 Å². The highest BCUT2D eigenvalue weighted by molar-refractivity contribution is 5.94. The summed E-state index contributed by atoms with van der Waals surface area (Å²) < 4.78 is 0. The Kier molecular flexibility index (Phi) is 4.94. The van der Waals surface area contributed by atoms with Crippen LogP contribution in [0.1, 0.15) is 28.9 Å². The van der Waals surface area contributed by atoms with Crippen LogP contribution in [-0.4, -0.2) is 58.4 Å². The minimum absolute atomic E-state index is 0.0801. The molecule has 1 aliphatic carbocycles. The van der Waals surface area contributed by atoms with E-state index in [0.717, 1.165) is 51.0 Å². The molecule has 6 nitrogen and oxygen atoms in total. The summed E-state index contributed by atoms with van der Waals surface area (Å²) in [5.41, 5.74) is 3.08. The average Bonchev–Trinajstić information content (AvgIpc) is 3.50. The van der Waals surface area contributed by atoms with Crippen LogP contribution in [0.2, 0.25) is 0 Å². The van der Waals surface area contributed by atoms with E-state index in [1.54, 1.807) is 6.20 Å². The third-order valence-electron chi connectivity index (χ3n) is 5.92. The highest BCUT2D eigenvalue weighted by Gasteiger charge is 2.23. The topological polar surface area (TPSA) is 64.3 Å². The van der Waals surface area contributed by atoms with E-state index < -0.39 is 0 Å². The normalized spacial score (nSPS) is 17.6. The van der Waals surface area contributed by atoms with Crippen molar-refractivity contribution in [2.24, 2.45) is 5.92 Å². The number of carbonyl (C=O) groups is 1. The monoisotopic (exact) mass is 389 g/mol. The van der Waals surface area contributed by atoms with Crippen LogP contribution in [0.4, 0.5) is 5.82 Å². The van der Waals surface area contributed by atoms with E-state index in [9.17, 15) is 4.79 Å². The first-order chi connectivity index (χ1) is 14.2. The van der Waals surface area contributed by atoms with E-state index in [4.69, 9.17) is 0 Å². The molecule has 1 saturated carbocycles. The Morgan fingerprint density at radius 1 is 1.10 bits per heavy atom. The number of benzene rings is 1. The molecule has 1 saturated heterocycles. The molecule has 1 aliphatic heterocycles. The van der Waals surface area contributed by atoms with Crippen LogP contribution in [0, 0.1) is 5.92 Å². The van der Waals surface area contributed by atoms with Gasteiger partial charge in [-0.1, -0.05) is 18.2 Å². The number of aromatic nitrogens is 2. The van der Waals surface area contributed by atoms with Crippen molar-refractivity contribution < 1.29 is 4.79 Å². The average molecular weight is 390 g/mol. The number of nitrogens with one attached hydrogen (secondary N) is 2. The second kappa shape index (κ2) is 7.87. The lowest BCUT2D eigenvalue weighted by Crippen LogP contribution is -2.48. The molecule has 2 N–H and O–H groups in total. The molecule has 2 aromatic heterocycles. The summed E-state index contributed by atoms with van der Waals surface area (Å²) in [4.78, 5) is 25.1. The predicted molar refractivity (Wildman–Crippen MR) is 115 cm³/mol. The van der Waals surface area contributed by atoms with Gasteiger partial charge in [-0.25, -0.2) is 4.98 Å². The maximum atomic E-state index is 12.8. The second-order valence-electron chi connectivity index (χ2n) is 8.21. The van der Waals surface area contributed by atoms with E-state index in [1.165, 1.54) is 29.4 Å². The SMILES string of the molecule is O=C(c1ccc(NCC2CC2)nc1)N1CCN(Cc2cc3ccccc3[nH]2)CC1. The maximum absolute atomic E-state index is 12.8. The number of carbonyl (C=O) groups excluding carboxylic acids is 1. The quantitative estimate of drug-likeness (QED) is 0.679. The predicted octanol–water partition coefficient (Wildman–Crippen LogP) is 3.34. The molecule has 5 rings (SSSR count). The molecule has 6 heteroatoms. The van der Waals surface area contributed by atoms with Crippen LogP contribution in [0.25, 0.3) is 10.9 Å². The van der Waals surface area contributed by atoms with Crippen LogP contribution in [0.3, 0.4) is 0 Å².